The van der Waals surface area contributed by atoms with Gasteiger partial charge in [-0.3, -0.25) is 4.79 Å². The fourth-order valence-electron chi connectivity index (χ4n) is 3.87. The Morgan fingerprint density at radius 3 is 2.49 bits per heavy atom. The van der Waals surface area contributed by atoms with E-state index in [1.165, 1.54) is 16.3 Å². The summed E-state index contributed by atoms with van der Waals surface area (Å²) >= 11 is 0. The molecule has 0 aliphatic heterocycles. The van der Waals surface area contributed by atoms with Gasteiger partial charge in [0.1, 0.15) is 5.82 Å². The third-order valence-electron chi connectivity index (χ3n) is 5.86. The van der Waals surface area contributed by atoms with Gasteiger partial charge >= 0.3 is 0 Å². The largest absolute Gasteiger partial charge is 0.382 e. The Bertz CT molecular complexity index is 1240. The first-order valence-electron chi connectivity index (χ1n) is 12.1. The van der Waals surface area contributed by atoms with Crippen LogP contribution in [0.5, 0.6) is 0 Å². The minimum Gasteiger partial charge on any atom is -0.382 e. The summed E-state index contributed by atoms with van der Waals surface area (Å²) in [5.41, 5.74) is 9.24. The summed E-state index contributed by atoms with van der Waals surface area (Å²) in [7, 11) is 0. The van der Waals surface area contributed by atoms with Gasteiger partial charge in [-0.25, -0.2) is 4.98 Å². The lowest BCUT2D eigenvalue weighted by atomic mass is 10.1. The van der Waals surface area contributed by atoms with Crippen molar-refractivity contribution in [2.45, 2.75) is 32.4 Å². The van der Waals surface area contributed by atoms with Crippen LogP contribution in [0.25, 0.3) is 10.8 Å². The van der Waals surface area contributed by atoms with E-state index in [0.29, 0.717) is 23.7 Å². The van der Waals surface area contributed by atoms with E-state index in [1.54, 1.807) is 18.3 Å². The van der Waals surface area contributed by atoms with Crippen molar-refractivity contribution in [3.05, 3.63) is 102 Å². The maximum absolute atomic E-state index is 12.4. The lowest BCUT2D eigenvalue weighted by Gasteiger charge is -2.09. The third-order valence-corrected chi connectivity index (χ3v) is 5.86. The third kappa shape index (κ3) is 7.37. The molecule has 0 radical (unpaired) electrons. The molecular formula is C29H32N4O2. The number of nitrogen functional groups attached to an aromatic ring is 1. The van der Waals surface area contributed by atoms with E-state index in [-0.39, 0.29) is 5.91 Å². The molecule has 3 aromatic carbocycles. The first kappa shape index (κ1) is 24.4. The molecule has 0 fully saturated rings. The molecule has 0 spiro atoms. The van der Waals surface area contributed by atoms with Crippen LogP contribution in [0.1, 0.15) is 40.7 Å². The molecule has 4 rings (SSSR count). The molecule has 0 saturated carbocycles. The zero-order valence-corrected chi connectivity index (χ0v) is 19.9. The smallest absolute Gasteiger partial charge is 0.255 e. The molecule has 6 nitrogen and oxygen atoms in total. The Morgan fingerprint density at radius 2 is 1.66 bits per heavy atom. The number of benzene rings is 3. The van der Waals surface area contributed by atoms with Crippen LogP contribution in [-0.4, -0.2) is 24.0 Å². The number of pyridine rings is 1. The molecule has 1 aromatic heterocycles. The van der Waals surface area contributed by atoms with Crippen LogP contribution in [0, 0.1) is 0 Å². The highest BCUT2D eigenvalue weighted by molar-refractivity contribution is 6.05. The Balaban J connectivity index is 1.07. The van der Waals surface area contributed by atoms with Crippen LogP contribution in [-0.2, 0) is 17.9 Å². The summed E-state index contributed by atoms with van der Waals surface area (Å²) in [6.07, 6.45) is 4.88. The van der Waals surface area contributed by atoms with Crippen LogP contribution < -0.4 is 16.4 Å². The van der Waals surface area contributed by atoms with E-state index in [2.05, 4.69) is 58.1 Å². The number of nitrogens with zero attached hydrogens (tertiary/aromatic N) is 1. The summed E-state index contributed by atoms with van der Waals surface area (Å²) in [5.74, 6) is 0.102. The fourth-order valence-corrected chi connectivity index (χ4v) is 3.87. The van der Waals surface area contributed by atoms with Crippen molar-refractivity contribution >= 4 is 28.2 Å². The average molecular weight is 469 g/mol. The van der Waals surface area contributed by atoms with Crippen LogP contribution in [0.2, 0.25) is 0 Å². The molecule has 1 heterocycles. The quantitative estimate of drug-likeness (QED) is 0.237. The van der Waals surface area contributed by atoms with Crippen LogP contribution in [0.4, 0.5) is 11.5 Å². The van der Waals surface area contributed by atoms with Gasteiger partial charge in [0.25, 0.3) is 5.91 Å². The molecule has 180 valence electrons. The Kier molecular flexibility index (Phi) is 8.81. The molecule has 0 saturated heterocycles. The predicted octanol–water partition coefficient (Wildman–Crippen LogP) is 5.55. The predicted molar refractivity (Wildman–Crippen MR) is 142 cm³/mol. The minimum absolute atomic E-state index is 0.202. The van der Waals surface area contributed by atoms with E-state index in [4.69, 9.17) is 10.5 Å². The lowest BCUT2D eigenvalue weighted by Crippen LogP contribution is -2.16. The van der Waals surface area contributed by atoms with Crippen molar-refractivity contribution in [1.29, 1.82) is 0 Å². The van der Waals surface area contributed by atoms with Crippen molar-refractivity contribution in [3.63, 3.8) is 0 Å². The number of aromatic nitrogens is 1. The minimum atomic E-state index is -0.202. The number of carbonyl (C=O) groups excluding carboxylic acids is 1. The Hall–Kier alpha value is -3.74. The molecule has 0 aliphatic carbocycles. The topological polar surface area (TPSA) is 89.3 Å². The van der Waals surface area contributed by atoms with Crippen LogP contribution in [0.3, 0.4) is 0 Å². The van der Waals surface area contributed by atoms with Gasteiger partial charge in [0.05, 0.1) is 12.3 Å². The summed E-state index contributed by atoms with van der Waals surface area (Å²) in [4.78, 5) is 16.4. The normalized spacial score (nSPS) is 11.0. The zero-order chi connectivity index (χ0) is 24.3. The molecule has 0 atom stereocenters. The van der Waals surface area contributed by atoms with Gasteiger partial charge in [-0.15, -0.1) is 0 Å². The van der Waals surface area contributed by atoms with Gasteiger partial charge in [-0.2, -0.15) is 0 Å². The fraction of sp³-hybridized carbons (Fsp3) is 0.241. The number of hydrogen-bond donors (Lipinski definition) is 3. The molecule has 35 heavy (non-hydrogen) atoms. The monoisotopic (exact) mass is 468 g/mol. The van der Waals surface area contributed by atoms with Crippen molar-refractivity contribution < 1.29 is 9.53 Å². The number of carbonyl (C=O) groups is 1. The second-order valence-corrected chi connectivity index (χ2v) is 8.56. The van der Waals surface area contributed by atoms with Gasteiger partial charge < -0.3 is 21.1 Å². The maximum Gasteiger partial charge on any atom is 0.255 e. The van der Waals surface area contributed by atoms with Crippen molar-refractivity contribution in [1.82, 2.24) is 10.3 Å². The molecule has 0 bridgehead atoms. The van der Waals surface area contributed by atoms with Crippen molar-refractivity contribution in [3.8, 4) is 0 Å². The van der Waals surface area contributed by atoms with E-state index in [0.717, 1.165) is 44.5 Å². The number of unbranched alkanes of at least 4 members (excludes halogenated alkanes) is 2. The van der Waals surface area contributed by atoms with E-state index in [9.17, 15) is 4.79 Å². The molecule has 4 N–H and O–H groups in total. The number of hydrogen-bond acceptors (Lipinski definition) is 5. The highest BCUT2D eigenvalue weighted by Gasteiger charge is 2.08. The highest BCUT2D eigenvalue weighted by atomic mass is 16.5. The second-order valence-electron chi connectivity index (χ2n) is 8.56. The summed E-state index contributed by atoms with van der Waals surface area (Å²) in [6.45, 7) is 3.16. The molecule has 0 aliphatic rings. The number of nitrogens with one attached hydrogen (secondary N) is 2. The second kappa shape index (κ2) is 12.6. The average Bonchev–Trinajstić information content (AvgIpc) is 2.89. The van der Waals surface area contributed by atoms with E-state index in [1.807, 2.05) is 24.3 Å². The summed E-state index contributed by atoms with van der Waals surface area (Å²) in [6, 6.07) is 25.9. The summed E-state index contributed by atoms with van der Waals surface area (Å²) < 4.78 is 5.86. The van der Waals surface area contributed by atoms with E-state index >= 15 is 0 Å². The Morgan fingerprint density at radius 1 is 0.857 bits per heavy atom. The molecule has 0 unspecified atom stereocenters. The number of nitrogens with two attached hydrogens (primary N) is 1. The van der Waals surface area contributed by atoms with Crippen molar-refractivity contribution in [2.24, 2.45) is 0 Å². The van der Waals surface area contributed by atoms with Crippen molar-refractivity contribution in [2.75, 3.05) is 24.2 Å². The number of amides is 1. The van der Waals surface area contributed by atoms with Crippen LogP contribution >= 0.6 is 0 Å². The van der Waals surface area contributed by atoms with Gasteiger partial charge in [0.2, 0.25) is 0 Å². The first-order valence-corrected chi connectivity index (χ1v) is 12.1. The van der Waals surface area contributed by atoms with E-state index < -0.39 is 0 Å². The van der Waals surface area contributed by atoms with Gasteiger partial charge in [-0.05, 0) is 78.0 Å². The molecule has 6 heteroatoms. The number of ether oxygens (including phenoxy) is 1. The van der Waals surface area contributed by atoms with Crippen LogP contribution in [0.15, 0.2) is 85.1 Å². The molecule has 4 aromatic rings. The van der Waals surface area contributed by atoms with Gasteiger partial charge in [-0.1, -0.05) is 48.5 Å². The molecular weight excluding hydrogens is 436 g/mol. The highest BCUT2D eigenvalue weighted by Crippen LogP contribution is 2.17. The number of rotatable bonds is 12. The zero-order valence-electron chi connectivity index (χ0n) is 19.9. The number of fused-ring (bicyclic) bond motifs is 1. The first-order chi connectivity index (χ1) is 17.2. The van der Waals surface area contributed by atoms with Gasteiger partial charge in [0, 0.05) is 24.9 Å². The SMILES string of the molecule is Nc1ncccc1NC(=O)c1ccc(CNCCCCCOCc2ccc3ccccc3c2)cc1. The Labute approximate surface area is 206 Å². The maximum atomic E-state index is 12.4. The molecule has 1 amide bonds. The van der Waals surface area contributed by atoms with Gasteiger partial charge in [0.15, 0.2) is 0 Å². The lowest BCUT2D eigenvalue weighted by molar-refractivity contribution is 0.102. The number of anilines is 2. The standard InChI is InChI=1S/C29H32N4O2/c30-28-27(9-6-17-32-28)33-29(34)25-14-10-22(11-15-25)20-31-16-4-1-5-18-35-21-23-12-13-24-7-2-3-8-26(24)19-23/h2-3,6-15,17,19,31H,1,4-5,16,18,20-21H2,(H2,30,32)(H,33,34). The summed E-state index contributed by atoms with van der Waals surface area (Å²) in [5, 5.41) is 8.77.